The van der Waals surface area contributed by atoms with E-state index < -0.39 is 0 Å². The van der Waals surface area contributed by atoms with Gasteiger partial charge >= 0.3 is 0 Å². The lowest BCUT2D eigenvalue weighted by molar-refractivity contribution is 0.324. The summed E-state index contributed by atoms with van der Waals surface area (Å²) in [6.07, 6.45) is 6.84. The van der Waals surface area contributed by atoms with Gasteiger partial charge in [-0.1, -0.05) is 0 Å². The largest absolute Gasteiger partial charge is 0.303 e. The lowest BCUT2D eigenvalue weighted by Gasteiger charge is -2.14. The van der Waals surface area contributed by atoms with E-state index in [1.54, 1.807) is 17.1 Å². The van der Waals surface area contributed by atoms with Crippen LogP contribution in [-0.4, -0.2) is 34.1 Å². The highest BCUT2D eigenvalue weighted by Crippen LogP contribution is 2.07. The fraction of sp³-hybridized carbons (Fsp3) is 0.636. The van der Waals surface area contributed by atoms with Crippen molar-refractivity contribution in [2.75, 3.05) is 19.6 Å². The molecule has 0 saturated carbocycles. The normalized spacial score (nSPS) is 17.1. The molecule has 2 rings (SSSR count). The molecule has 4 heteroatoms. The predicted octanol–water partition coefficient (Wildman–Crippen LogP) is 0.729. The molecule has 2 heterocycles. The maximum Gasteiger partial charge on any atom is 0.253 e. The van der Waals surface area contributed by atoms with Crippen molar-refractivity contribution in [2.24, 2.45) is 0 Å². The summed E-state index contributed by atoms with van der Waals surface area (Å²) >= 11 is 0. The van der Waals surface area contributed by atoms with Gasteiger partial charge in [-0.2, -0.15) is 0 Å². The van der Waals surface area contributed by atoms with Gasteiger partial charge in [0.2, 0.25) is 0 Å². The van der Waals surface area contributed by atoms with Gasteiger partial charge in [0.1, 0.15) is 0 Å². The van der Waals surface area contributed by atoms with Crippen LogP contribution in [0.5, 0.6) is 0 Å². The number of rotatable bonds is 4. The summed E-state index contributed by atoms with van der Waals surface area (Å²) < 4.78 is 1.68. The van der Waals surface area contributed by atoms with E-state index in [0.717, 1.165) is 19.5 Å². The number of aryl methyl sites for hydroxylation is 1. The molecule has 0 radical (unpaired) electrons. The number of likely N-dealkylation sites (tertiary alicyclic amines) is 1. The second-order valence-corrected chi connectivity index (χ2v) is 4.01. The molecule has 0 N–H and O–H groups in total. The topological polar surface area (TPSA) is 38.1 Å². The molecule has 1 aromatic heterocycles. The molecule has 0 atom stereocenters. The maximum atomic E-state index is 11.4. The van der Waals surface area contributed by atoms with Crippen molar-refractivity contribution in [1.82, 2.24) is 14.5 Å². The molecule has 0 amide bonds. The van der Waals surface area contributed by atoms with Crippen molar-refractivity contribution < 1.29 is 0 Å². The molecule has 1 fully saturated rings. The van der Waals surface area contributed by atoms with Gasteiger partial charge < -0.3 is 4.90 Å². The Morgan fingerprint density at radius 2 is 2.07 bits per heavy atom. The fourth-order valence-corrected chi connectivity index (χ4v) is 2.02. The molecule has 0 aliphatic carbocycles. The monoisotopic (exact) mass is 207 g/mol. The van der Waals surface area contributed by atoms with Crippen LogP contribution in [0.1, 0.15) is 19.3 Å². The molecule has 0 spiro atoms. The Hall–Kier alpha value is -1.16. The van der Waals surface area contributed by atoms with Gasteiger partial charge in [-0.15, -0.1) is 0 Å². The van der Waals surface area contributed by atoms with E-state index in [1.807, 2.05) is 0 Å². The van der Waals surface area contributed by atoms with Crippen LogP contribution in [0.4, 0.5) is 0 Å². The lowest BCUT2D eigenvalue weighted by atomic mass is 10.4. The van der Waals surface area contributed by atoms with Gasteiger partial charge in [0.25, 0.3) is 5.56 Å². The van der Waals surface area contributed by atoms with Crippen molar-refractivity contribution in [2.45, 2.75) is 25.8 Å². The van der Waals surface area contributed by atoms with Crippen LogP contribution in [0, 0.1) is 0 Å². The van der Waals surface area contributed by atoms with Crippen LogP contribution in [0.3, 0.4) is 0 Å². The number of aromatic nitrogens is 2. The second kappa shape index (κ2) is 5.07. The number of nitrogens with zero attached hydrogens (tertiary/aromatic N) is 3. The molecule has 0 bridgehead atoms. The summed E-state index contributed by atoms with van der Waals surface area (Å²) in [4.78, 5) is 17.8. The Balaban J connectivity index is 1.78. The standard InChI is InChI=1S/C11H17N3O/c15-11-4-5-12-10-14(11)9-3-8-13-6-1-2-7-13/h4-5,10H,1-3,6-9H2. The molecule has 82 valence electrons. The molecule has 1 aliphatic rings. The van der Waals surface area contributed by atoms with Crippen LogP contribution >= 0.6 is 0 Å². The summed E-state index contributed by atoms with van der Waals surface area (Å²) in [5, 5.41) is 0. The number of hydrogen-bond donors (Lipinski definition) is 0. The Morgan fingerprint density at radius 1 is 1.27 bits per heavy atom. The van der Waals surface area contributed by atoms with Crippen LogP contribution in [0.25, 0.3) is 0 Å². The van der Waals surface area contributed by atoms with E-state index in [-0.39, 0.29) is 5.56 Å². The molecule has 1 saturated heterocycles. The second-order valence-electron chi connectivity index (χ2n) is 4.01. The summed E-state index contributed by atoms with van der Waals surface area (Å²) in [5.74, 6) is 0. The first kappa shape index (κ1) is 10.4. The first-order chi connectivity index (χ1) is 7.36. The SMILES string of the molecule is O=c1ccncn1CCCN1CCCC1. The molecule has 0 aromatic carbocycles. The van der Waals surface area contributed by atoms with Crippen molar-refractivity contribution in [3.8, 4) is 0 Å². The van der Waals surface area contributed by atoms with Crippen LogP contribution < -0.4 is 5.56 Å². The smallest absolute Gasteiger partial charge is 0.253 e. The van der Waals surface area contributed by atoms with Gasteiger partial charge in [0.15, 0.2) is 0 Å². The van der Waals surface area contributed by atoms with Crippen LogP contribution in [0.15, 0.2) is 23.4 Å². The van der Waals surface area contributed by atoms with Crippen LogP contribution in [-0.2, 0) is 6.54 Å². The molecular formula is C11H17N3O. The van der Waals surface area contributed by atoms with Crippen LogP contribution in [0.2, 0.25) is 0 Å². The zero-order valence-corrected chi connectivity index (χ0v) is 8.93. The Labute approximate surface area is 89.6 Å². The Bertz CT molecular complexity index is 355. The van der Waals surface area contributed by atoms with E-state index in [0.29, 0.717) is 0 Å². The first-order valence-electron chi connectivity index (χ1n) is 5.59. The highest BCUT2D eigenvalue weighted by molar-refractivity contribution is 4.81. The zero-order valence-electron chi connectivity index (χ0n) is 8.93. The van der Waals surface area contributed by atoms with E-state index in [4.69, 9.17) is 0 Å². The highest BCUT2D eigenvalue weighted by atomic mass is 16.1. The third-order valence-electron chi connectivity index (χ3n) is 2.86. The first-order valence-corrected chi connectivity index (χ1v) is 5.59. The van der Waals surface area contributed by atoms with E-state index >= 15 is 0 Å². The molecule has 0 unspecified atom stereocenters. The van der Waals surface area contributed by atoms with Crippen molar-refractivity contribution >= 4 is 0 Å². The molecular weight excluding hydrogens is 190 g/mol. The summed E-state index contributed by atoms with van der Waals surface area (Å²) in [6.45, 7) is 4.33. The predicted molar refractivity (Wildman–Crippen MR) is 58.8 cm³/mol. The maximum absolute atomic E-state index is 11.4. The fourth-order valence-electron chi connectivity index (χ4n) is 2.02. The van der Waals surface area contributed by atoms with Gasteiger partial charge in [-0.3, -0.25) is 9.36 Å². The van der Waals surface area contributed by atoms with E-state index in [1.165, 1.54) is 32.0 Å². The number of hydrogen-bond acceptors (Lipinski definition) is 3. The third kappa shape index (κ3) is 2.89. The van der Waals surface area contributed by atoms with Gasteiger partial charge in [-0.05, 0) is 38.9 Å². The molecule has 4 nitrogen and oxygen atoms in total. The van der Waals surface area contributed by atoms with Crippen molar-refractivity contribution in [3.63, 3.8) is 0 Å². The molecule has 1 aliphatic heterocycles. The van der Waals surface area contributed by atoms with Crippen molar-refractivity contribution in [1.29, 1.82) is 0 Å². The van der Waals surface area contributed by atoms with Crippen molar-refractivity contribution in [3.05, 3.63) is 28.9 Å². The van der Waals surface area contributed by atoms with Gasteiger partial charge in [-0.25, -0.2) is 4.98 Å². The Kier molecular flexibility index (Phi) is 3.50. The van der Waals surface area contributed by atoms with Gasteiger partial charge in [0, 0.05) is 18.8 Å². The van der Waals surface area contributed by atoms with Gasteiger partial charge in [0.05, 0.1) is 6.33 Å². The average Bonchev–Trinajstić information content (AvgIpc) is 2.74. The molecule has 1 aromatic rings. The van der Waals surface area contributed by atoms with E-state index in [9.17, 15) is 4.79 Å². The quantitative estimate of drug-likeness (QED) is 0.730. The zero-order chi connectivity index (χ0) is 10.5. The lowest BCUT2D eigenvalue weighted by Crippen LogP contribution is -2.24. The summed E-state index contributed by atoms with van der Waals surface area (Å²) in [6, 6.07) is 1.51. The highest BCUT2D eigenvalue weighted by Gasteiger charge is 2.10. The van der Waals surface area contributed by atoms with E-state index in [2.05, 4.69) is 9.88 Å². The molecule has 15 heavy (non-hydrogen) atoms. The average molecular weight is 207 g/mol. The minimum absolute atomic E-state index is 0.0476. The Morgan fingerprint density at radius 3 is 2.80 bits per heavy atom. The summed E-state index contributed by atoms with van der Waals surface area (Å²) in [5.41, 5.74) is 0.0476. The third-order valence-corrected chi connectivity index (χ3v) is 2.86. The minimum Gasteiger partial charge on any atom is -0.303 e. The minimum atomic E-state index is 0.0476. The summed E-state index contributed by atoms with van der Waals surface area (Å²) in [7, 11) is 0.